The van der Waals surface area contributed by atoms with Crippen LogP contribution >= 0.6 is 0 Å². The highest BCUT2D eigenvalue weighted by Crippen LogP contribution is 2.33. The van der Waals surface area contributed by atoms with Crippen molar-refractivity contribution in [3.05, 3.63) is 57.5 Å². The summed E-state index contributed by atoms with van der Waals surface area (Å²) in [5.41, 5.74) is 0.699. The third kappa shape index (κ3) is 3.50. The number of nitro groups is 1. The minimum Gasteiger partial charge on any atom is -0.354 e. The summed E-state index contributed by atoms with van der Waals surface area (Å²) in [6.45, 7) is 2.81. The van der Waals surface area contributed by atoms with Gasteiger partial charge in [-0.1, -0.05) is 35.5 Å². The van der Waals surface area contributed by atoms with E-state index in [1.54, 1.807) is 24.3 Å². The highest BCUT2D eigenvalue weighted by molar-refractivity contribution is 5.92. The molecule has 0 amide bonds. The Labute approximate surface area is 132 Å². The molecule has 0 aliphatic heterocycles. The van der Waals surface area contributed by atoms with Crippen molar-refractivity contribution in [3.8, 4) is 0 Å². The molecular weight excluding hydrogens is 300 g/mol. The number of hydrogen-bond donors (Lipinski definition) is 0. The predicted molar refractivity (Wildman–Crippen MR) is 81.0 cm³/mol. The molecule has 0 N–H and O–H groups in total. The zero-order valence-corrected chi connectivity index (χ0v) is 12.8. The monoisotopic (exact) mass is 316 g/mol. The number of carbonyl (C=O) groups excluding carboxylic acids is 2. The Bertz CT molecular complexity index is 723. The molecule has 7 heteroatoms. The van der Waals surface area contributed by atoms with Gasteiger partial charge in [0.15, 0.2) is 5.69 Å². The summed E-state index contributed by atoms with van der Waals surface area (Å²) >= 11 is 0. The topological polar surface area (TPSA) is 103 Å². The maximum Gasteiger partial charge on any atom is 0.334 e. The van der Waals surface area contributed by atoms with Crippen molar-refractivity contribution in [3.63, 3.8) is 0 Å². The molecule has 1 aromatic heterocycles. The fourth-order valence-corrected chi connectivity index (χ4v) is 2.61. The minimum absolute atomic E-state index is 0.0458. The molecular formula is C16H16N2O5. The van der Waals surface area contributed by atoms with Crippen molar-refractivity contribution < 1.29 is 19.0 Å². The molecule has 0 aliphatic rings. The third-order valence-corrected chi connectivity index (χ3v) is 3.76. The Morgan fingerprint density at radius 2 is 2.04 bits per heavy atom. The van der Waals surface area contributed by atoms with E-state index in [0.29, 0.717) is 6.29 Å². The maximum atomic E-state index is 11.8. The fourth-order valence-electron chi connectivity index (χ4n) is 2.61. The molecule has 0 aliphatic carbocycles. The van der Waals surface area contributed by atoms with Crippen LogP contribution in [0.3, 0.4) is 0 Å². The molecule has 0 saturated heterocycles. The van der Waals surface area contributed by atoms with Crippen molar-refractivity contribution in [2.45, 2.75) is 26.2 Å². The van der Waals surface area contributed by atoms with Crippen LogP contribution in [0.4, 0.5) is 5.69 Å². The molecule has 0 radical (unpaired) electrons. The lowest BCUT2D eigenvalue weighted by Gasteiger charge is -2.20. The molecule has 23 heavy (non-hydrogen) atoms. The maximum absolute atomic E-state index is 11.8. The van der Waals surface area contributed by atoms with Crippen LogP contribution in [0.2, 0.25) is 0 Å². The van der Waals surface area contributed by atoms with E-state index >= 15 is 0 Å². The second-order valence-corrected chi connectivity index (χ2v) is 5.29. The number of aromatic nitrogens is 1. The van der Waals surface area contributed by atoms with Gasteiger partial charge in [0.2, 0.25) is 5.76 Å². The number of aldehydes is 1. The zero-order valence-electron chi connectivity index (χ0n) is 12.8. The van der Waals surface area contributed by atoms with Gasteiger partial charge in [-0.15, -0.1) is 0 Å². The van der Waals surface area contributed by atoms with Gasteiger partial charge >= 0.3 is 5.69 Å². The zero-order chi connectivity index (χ0) is 17.0. The van der Waals surface area contributed by atoms with Gasteiger partial charge in [-0.2, -0.15) is 0 Å². The van der Waals surface area contributed by atoms with E-state index in [1.165, 1.54) is 13.8 Å². The van der Waals surface area contributed by atoms with Crippen molar-refractivity contribution in [1.82, 2.24) is 5.16 Å². The molecule has 0 spiro atoms. The van der Waals surface area contributed by atoms with Gasteiger partial charge in [-0.25, -0.2) is 0 Å². The van der Waals surface area contributed by atoms with Crippen molar-refractivity contribution in [1.29, 1.82) is 0 Å². The first kappa shape index (κ1) is 16.5. The Morgan fingerprint density at radius 3 is 2.57 bits per heavy atom. The van der Waals surface area contributed by atoms with Crippen molar-refractivity contribution in [2.24, 2.45) is 5.92 Å². The van der Waals surface area contributed by atoms with E-state index in [-0.39, 0.29) is 29.3 Å². The van der Waals surface area contributed by atoms with Gasteiger partial charge in [0.25, 0.3) is 0 Å². The van der Waals surface area contributed by atoms with Crippen LogP contribution < -0.4 is 0 Å². The Hall–Kier alpha value is -2.83. The summed E-state index contributed by atoms with van der Waals surface area (Å²) in [6, 6.07) is 8.93. The molecule has 7 nitrogen and oxygen atoms in total. The number of hydrogen-bond acceptors (Lipinski definition) is 6. The largest absolute Gasteiger partial charge is 0.354 e. The Kier molecular flexibility index (Phi) is 5.00. The summed E-state index contributed by atoms with van der Waals surface area (Å²) in [4.78, 5) is 33.8. The van der Waals surface area contributed by atoms with Gasteiger partial charge in [0.1, 0.15) is 12.1 Å². The second kappa shape index (κ2) is 6.95. The quantitative estimate of drug-likeness (QED) is 0.336. The van der Waals surface area contributed by atoms with E-state index in [4.69, 9.17) is 4.52 Å². The molecule has 2 aromatic rings. The van der Waals surface area contributed by atoms with E-state index in [9.17, 15) is 19.7 Å². The Morgan fingerprint density at radius 1 is 1.39 bits per heavy atom. The molecule has 0 fully saturated rings. The molecule has 2 unspecified atom stereocenters. The van der Waals surface area contributed by atoms with Crippen LogP contribution in [0, 0.1) is 23.0 Å². The van der Waals surface area contributed by atoms with Crippen LogP contribution in [0.15, 0.2) is 34.9 Å². The first-order chi connectivity index (χ1) is 11.0. The average molecular weight is 316 g/mol. The molecule has 2 atom stereocenters. The van der Waals surface area contributed by atoms with Gasteiger partial charge in [0.05, 0.1) is 10.8 Å². The molecule has 1 heterocycles. The highest BCUT2D eigenvalue weighted by Gasteiger charge is 2.33. The van der Waals surface area contributed by atoms with Crippen molar-refractivity contribution >= 4 is 17.8 Å². The highest BCUT2D eigenvalue weighted by atomic mass is 16.6. The lowest BCUT2D eigenvalue weighted by Crippen LogP contribution is -2.23. The predicted octanol–water partition coefficient (Wildman–Crippen LogP) is 2.62. The number of benzene rings is 1. The standard InChI is InChI=1S/C16H16N2O5/c1-10-16(18(21)22)15(23-17-10)8-13(14(9-19)11(2)20)12-6-4-3-5-7-12/h3-7,9,13-14H,8H2,1-2H3. The Balaban J connectivity index is 2.45. The van der Waals surface area contributed by atoms with E-state index in [1.807, 2.05) is 6.07 Å². The van der Waals surface area contributed by atoms with Crippen LogP contribution in [-0.2, 0) is 16.0 Å². The summed E-state index contributed by atoms with van der Waals surface area (Å²) in [6.07, 6.45) is 0.624. The van der Waals surface area contributed by atoms with Gasteiger partial charge in [0, 0.05) is 12.3 Å². The number of aryl methyl sites for hydroxylation is 1. The van der Waals surface area contributed by atoms with Crippen LogP contribution in [0.5, 0.6) is 0 Å². The number of ketones is 1. The fraction of sp³-hybridized carbons (Fsp3) is 0.312. The van der Waals surface area contributed by atoms with E-state index in [2.05, 4.69) is 5.16 Å². The third-order valence-electron chi connectivity index (χ3n) is 3.76. The van der Waals surface area contributed by atoms with Gasteiger partial charge in [-0.05, 0) is 19.4 Å². The number of nitrogens with zero attached hydrogens (tertiary/aromatic N) is 2. The lowest BCUT2D eigenvalue weighted by atomic mass is 9.81. The van der Waals surface area contributed by atoms with Crippen LogP contribution in [0.1, 0.15) is 29.9 Å². The molecule has 0 saturated carbocycles. The van der Waals surface area contributed by atoms with Crippen LogP contribution in [0.25, 0.3) is 0 Å². The molecule has 0 bridgehead atoms. The van der Waals surface area contributed by atoms with E-state index in [0.717, 1.165) is 5.56 Å². The number of Topliss-reactive ketones (excluding diaryl/α,β-unsaturated/α-hetero) is 1. The first-order valence-corrected chi connectivity index (χ1v) is 7.06. The smallest absolute Gasteiger partial charge is 0.334 e. The van der Waals surface area contributed by atoms with Crippen molar-refractivity contribution in [2.75, 3.05) is 0 Å². The minimum atomic E-state index is -0.901. The normalized spacial score (nSPS) is 13.3. The summed E-state index contributed by atoms with van der Waals surface area (Å²) in [5, 5.41) is 14.8. The van der Waals surface area contributed by atoms with E-state index < -0.39 is 16.8 Å². The molecule has 120 valence electrons. The van der Waals surface area contributed by atoms with Gasteiger partial charge < -0.3 is 9.32 Å². The molecule has 2 rings (SSSR count). The summed E-state index contributed by atoms with van der Waals surface area (Å²) in [5.74, 6) is -1.68. The second-order valence-electron chi connectivity index (χ2n) is 5.29. The number of carbonyl (C=O) groups is 2. The SMILES string of the molecule is CC(=O)C(C=O)C(Cc1onc(C)c1[N+](=O)[O-])c1ccccc1. The number of rotatable bonds is 7. The average Bonchev–Trinajstić information content (AvgIpc) is 2.88. The first-order valence-electron chi connectivity index (χ1n) is 7.06. The summed E-state index contributed by atoms with van der Waals surface area (Å²) < 4.78 is 5.06. The van der Waals surface area contributed by atoms with Crippen LogP contribution in [-0.4, -0.2) is 22.1 Å². The summed E-state index contributed by atoms with van der Waals surface area (Å²) in [7, 11) is 0. The molecule has 1 aromatic carbocycles. The van der Waals surface area contributed by atoms with Gasteiger partial charge in [-0.3, -0.25) is 14.9 Å². The lowest BCUT2D eigenvalue weighted by molar-refractivity contribution is -0.386.